The number of ether oxygens (including phenoxy) is 1. The van der Waals surface area contributed by atoms with E-state index in [-0.39, 0.29) is 19.4 Å². The first-order chi connectivity index (χ1) is 9.54. The smallest absolute Gasteiger partial charge is 0.330 e. The maximum absolute atomic E-state index is 11.7. The van der Waals surface area contributed by atoms with Crippen molar-refractivity contribution in [2.45, 2.75) is 25.8 Å². The lowest BCUT2D eigenvalue weighted by Crippen LogP contribution is -2.33. The quantitative estimate of drug-likeness (QED) is 0.733. The average Bonchev–Trinajstić information content (AvgIpc) is 2.43. The summed E-state index contributed by atoms with van der Waals surface area (Å²) in [7, 11) is 0. The Bertz CT molecular complexity index is 472. The van der Waals surface area contributed by atoms with Crippen molar-refractivity contribution in [2.75, 3.05) is 6.61 Å². The number of carboxylic acids is 1. The molecule has 6 heteroatoms. The Morgan fingerprint density at radius 3 is 2.40 bits per heavy atom. The lowest BCUT2D eigenvalue weighted by Gasteiger charge is -2.14. The van der Waals surface area contributed by atoms with Gasteiger partial charge in [-0.05, 0) is 12.5 Å². The van der Waals surface area contributed by atoms with Crippen LogP contribution in [0.1, 0.15) is 31.4 Å². The Labute approximate surface area is 116 Å². The second-order valence-electron chi connectivity index (χ2n) is 4.05. The molecule has 0 saturated carbocycles. The molecule has 1 amide bonds. The Kier molecular flexibility index (Phi) is 6.22. The Morgan fingerprint density at radius 1 is 1.20 bits per heavy atom. The molecule has 0 fully saturated rings. The molecule has 0 heterocycles. The van der Waals surface area contributed by atoms with Gasteiger partial charge in [-0.15, -0.1) is 0 Å². The molecule has 6 nitrogen and oxygen atoms in total. The lowest BCUT2D eigenvalue weighted by atomic mass is 10.1. The van der Waals surface area contributed by atoms with Crippen molar-refractivity contribution in [1.82, 2.24) is 5.32 Å². The summed E-state index contributed by atoms with van der Waals surface area (Å²) in [6, 6.07) is 7.25. The third-order valence-electron chi connectivity index (χ3n) is 2.55. The number of rotatable bonds is 7. The average molecular weight is 279 g/mol. The van der Waals surface area contributed by atoms with Crippen LogP contribution in [-0.2, 0) is 19.1 Å². The van der Waals surface area contributed by atoms with Gasteiger partial charge < -0.3 is 15.2 Å². The molecule has 0 aliphatic carbocycles. The Balaban J connectivity index is 2.57. The first-order valence-electron chi connectivity index (χ1n) is 6.27. The monoisotopic (exact) mass is 279 g/mol. The largest absolute Gasteiger partial charge is 0.479 e. The van der Waals surface area contributed by atoms with Crippen LogP contribution in [0.15, 0.2) is 30.3 Å². The lowest BCUT2D eigenvalue weighted by molar-refractivity contribution is -0.145. The van der Waals surface area contributed by atoms with Crippen molar-refractivity contribution in [3.63, 3.8) is 0 Å². The van der Waals surface area contributed by atoms with Gasteiger partial charge >= 0.3 is 11.9 Å². The van der Waals surface area contributed by atoms with Crippen LogP contribution in [0.5, 0.6) is 0 Å². The maximum atomic E-state index is 11.7. The third-order valence-corrected chi connectivity index (χ3v) is 2.55. The molecular weight excluding hydrogens is 262 g/mol. The summed E-state index contributed by atoms with van der Waals surface area (Å²) in [5.74, 6) is -2.13. The van der Waals surface area contributed by atoms with Crippen LogP contribution >= 0.6 is 0 Å². The van der Waals surface area contributed by atoms with Crippen LogP contribution in [0.2, 0.25) is 0 Å². The molecule has 0 aliphatic heterocycles. The fraction of sp³-hybridized carbons (Fsp3) is 0.357. The normalized spacial score (nSPS) is 11.4. The summed E-state index contributed by atoms with van der Waals surface area (Å²) in [5, 5.41) is 11.5. The van der Waals surface area contributed by atoms with Crippen LogP contribution in [-0.4, -0.2) is 29.6 Å². The van der Waals surface area contributed by atoms with Gasteiger partial charge in [-0.3, -0.25) is 9.59 Å². The molecule has 1 atom stereocenters. The van der Waals surface area contributed by atoms with Crippen LogP contribution in [0.3, 0.4) is 0 Å². The highest BCUT2D eigenvalue weighted by Crippen LogP contribution is 2.13. The molecule has 2 N–H and O–H groups in total. The second-order valence-corrected chi connectivity index (χ2v) is 4.05. The number of nitrogens with one attached hydrogen (secondary N) is 1. The fourth-order valence-corrected chi connectivity index (χ4v) is 1.62. The predicted octanol–water partition coefficient (Wildman–Crippen LogP) is 1.27. The SMILES string of the molecule is CCOC(=O)CCC(=O)NC(C(=O)O)c1ccccc1. The molecule has 0 saturated heterocycles. The van der Waals surface area contributed by atoms with E-state index in [1.807, 2.05) is 0 Å². The minimum absolute atomic E-state index is 0.0686. The molecular formula is C14H17NO5. The molecule has 0 aromatic heterocycles. The number of hydrogen-bond donors (Lipinski definition) is 2. The van der Waals surface area contributed by atoms with E-state index in [2.05, 4.69) is 5.32 Å². The van der Waals surface area contributed by atoms with Gasteiger partial charge in [0.1, 0.15) is 0 Å². The molecule has 20 heavy (non-hydrogen) atoms. The zero-order chi connectivity index (χ0) is 15.0. The summed E-state index contributed by atoms with van der Waals surface area (Å²) in [6.45, 7) is 1.93. The second kappa shape index (κ2) is 7.93. The van der Waals surface area contributed by atoms with E-state index < -0.39 is 23.9 Å². The van der Waals surface area contributed by atoms with Crippen molar-refractivity contribution in [3.8, 4) is 0 Å². The number of carbonyl (C=O) groups excluding carboxylic acids is 2. The molecule has 108 valence electrons. The highest BCUT2D eigenvalue weighted by Gasteiger charge is 2.21. The molecule has 1 rings (SSSR count). The molecule has 0 aliphatic rings. The van der Waals surface area contributed by atoms with Crippen LogP contribution < -0.4 is 5.32 Å². The number of aliphatic carboxylic acids is 1. The highest BCUT2D eigenvalue weighted by molar-refractivity contribution is 5.86. The predicted molar refractivity (Wildman–Crippen MR) is 70.8 cm³/mol. The molecule has 1 aromatic rings. The van der Waals surface area contributed by atoms with E-state index >= 15 is 0 Å². The van der Waals surface area contributed by atoms with Crippen LogP contribution in [0.4, 0.5) is 0 Å². The first kappa shape index (κ1) is 15.7. The van der Waals surface area contributed by atoms with Gasteiger partial charge in [0, 0.05) is 6.42 Å². The summed E-state index contributed by atoms with van der Waals surface area (Å²) >= 11 is 0. The van der Waals surface area contributed by atoms with Gasteiger partial charge in [-0.25, -0.2) is 4.79 Å². The van der Waals surface area contributed by atoms with E-state index in [1.165, 1.54) is 0 Å². The summed E-state index contributed by atoms with van der Waals surface area (Å²) in [6.07, 6.45) is -0.170. The molecule has 1 aromatic carbocycles. The fourth-order valence-electron chi connectivity index (χ4n) is 1.62. The Hall–Kier alpha value is -2.37. The zero-order valence-electron chi connectivity index (χ0n) is 11.2. The first-order valence-corrected chi connectivity index (χ1v) is 6.27. The number of carbonyl (C=O) groups is 3. The Morgan fingerprint density at radius 2 is 1.85 bits per heavy atom. The number of carboxylic acid groups (broad SMARTS) is 1. The van der Waals surface area contributed by atoms with Crippen molar-refractivity contribution < 1.29 is 24.2 Å². The van der Waals surface area contributed by atoms with Gasteiger partial charge in [0.2, 0.25) is 5.91 Å². The zero-order valence-corrected chi connectivity index (χ0v) is 11.2. The van der Waals surface area contributed by atoms with Crippen molar-refractivity contribution >= 4 is 17.8 Å². The van der Waals surface area contributed by atoms with Crippen LogP contribution in [0.25, 0.3) is 0 Å². The van der Waals surface area contributed by atoms with Gasteiger partial charge in [0.15, 0.2) is 6.04 Å². The van der Waals surface area contributed by atoms with Gasteiger partial charge in [-0.2, -0.15) is 0 Å². The maximum Gasteiger partial charge on any atom is 0.330 e. The number of hydrogen-bond acceptors (Lipinski definition) is 4. The summed E-state index contributed by atoms with van der Waals surface area (Å²) in [4.78, 5) is 33.9. The topological polar surface area (TPSA) is 92.7 Å². The van der Waals surface area contributed by atoms with E-state index in [9.17, 15) is 14.4 Å². The van der Waals surface area contributed by atoms with Crippen molar-refractivity contribution in [2.24, 2.45) is 0 Å². The van der Waals surface area contributed by atoms with Crippen molar-refractivity contribution in [3.05, 3.63) is 35.9 Å². The van der Waals surface area contributed by atoms with E-state index in [0.29, 0.717) is 5.56 Å². The summed E-state index contributed by atoms with van der Waals surface area (Å²) < 4.78 is 4.69. The highest BCUT2D eigenvalue weighted by atomic mass is 16.5. The van der Waals surface area contributed by atoms with Gasteiger partial charge in [-0.1, -0.05) is 30.3 Å². The van der Waals surface area contributed by atoms with Crippen molar-refractivity contribution in [1.29, 1.82) is 0 Å². The van der Waals surface area contributed by atoms with E-state index in [1.54, 1.807) is 37.3 Å². The molecule has 1 unspecified atom stereocenters. The standard InChI is InChI=1S/C14H17NO5/c1-2-20-12(17)9-8-11(16)15-13(14(18)19)10-6-4-3-5-7-10/h3-7,13H,2,8-9H2,1H3,(H,15,16)(H,18,19). The molecule has 0 bridgehead atoms. The number of esters is 1. The minimum atomic E-state index is -1.15. The van der Waals surface area contributed by atoms with Gasteiger partial charge in [0.25, 0.3) is 0 Å². The third kappa shape index (κ3) is 5.09. The molecule has 0 spiro atoms. The molecule has 0 radical (unpaired) electrons. The van der Waals surface area contributed by atoms with E-state index in [0.717, 1.165) is 0 Å². The minimum Gasteiger partial charge on any atom is -0.479 e. The number of benzene rings is 1. The number of amides is 1. The van der Waals surface area contributed by atoms with Gasteiger partial charge in [0.05, 0.1) is 13.0 Å². The van der Waals surface area contributed by atoms with Crippen LogP contribution in [0, 0.1) is 0 Å². The van der Waals surface area contributed by atoms with E-state index in [4.69, 9.17) is 9.84 Å². The summed E-state index contributed by atoms with van der Waals surface area (Å²) in [5.41, 5.74) is 0.476.